The van der Waals surface area contributed by atoms with Crippen LogP contribution >= 0.6 is 0 Å². The number of anilines is 1. The Balaban J connectivity index is 1.98. The summed E-state index contributed by atoms with van der Waals surface area (Å²) in [6, 6.07) is 22.0. The van der Waals surface area contributed by atoms with Crippen molar-refractivity contribution in [2.24, 2.45) is 0 Å². The van der Waals surface area contributed by atoms with E-state index >= 15 is 0 Å². The zero-order valence-electron chi connectivity index (χ0n) is 18.9. The SMILES string of the molecule is COc1cc(C(=O)NCCc2ccccc2)c(N(Cc2ccccc2)S(C)(=O)=O)cc1OC. The molecule has 0 aliphatic carbocycles. The average molecular weight is 469 g/mol. The van der Waals surface area contributed by atoms with E-state index in [0.717, 1.165) is 17.4 Å². The lowest BCUT2D eigenvalue weighted by atomic mass is 10.1. The molecule has 0 unspecified atom stereocenters. The van der Waals surface area contributed by atoms with Crippen LogP contribution in [0.25, 0.3) is 0 Å². The van der Waals surface area contributed by atoms with E-state index in [9.17, 15) is 13.2 Å². The number of carbonyl (C=O) groups is 1. The van der Waals surface area contributed by atoms with Crippen LogP contribution in [0.5, 0.6) is 11.5 Å². The fourth-order valence-electron chi connectivity index (χ4n) is 3.45. The maximum atomic E-state index is 13.2. The quantitative estimate of drug-likeness (QED) is 0.491. The van der Waals surface area contributed by atoms with E-state index in [1.165, 1.54) is 30.7 Å². The fraction of sp³-hybridized carbons (Fsp3) is 0.240. The van der Waals surface area contributed by atoms with Crippen molar-refractivity contribution in [1.82, 2.24) is 5.32 Å². The van der Waals surface area contributed by atoms with Crippen molar-refractivity contribution in [3.8, 4) is 11.5 Å². The molecule has 0 radical (unpaired) electrons. The Morgan fingerprint density at radius 1 is 0.879 bits per heavy atom. The number of ether oxygens (including phenoxy) is 2. The summed E-state index contributed by atoms with van der Waals surface area (Å²) in [6.45, 7) is 0.466. The largest absolute Gasteiger partial charge is 0.493 e. The molecule has 0 heterocycles. The van der Waals surface area contributed by atoms with Gasteiger partial charge < -0.3 is 14.8 Å². The van der Waals surface area contributed by atoms with Gasteiger partial charge in [0.2, 0.25) is 10.0 Å². The predicted octanol–water partition coefficient (Wildman–Crippen LogP) is 3.64. The zero-order valence-corrected chi connectivity index (χ0v) is 19.8. The van der Waals surface area contributed by atoms with Crippen molar-refractivity contribution in [3.63, 3.8) is 0 Å². The summed E-state index contributed by atoms with van der Waals surface area (Å²) in [5, 5.41) is 2.89. The molecule has 1 amide bonds. The maximum absolute atomic E-state index is 13.2. The fourth-order valence-corrected chi connectivity index (χ4v) is 4.34. The maximum Gasteiger partial charge on any atom is 0.253 e. The monoisotopic (exact) mass is 468 g/mol. The standard InChI is InChI=1S/C25H28N2O5S/c1-31-23-16-21(25(28)26-15-14-19-10-6-4-7-11-19)22(17-24(23)32-2)27(33(3,29)30)18-20-12-8-5-9-13-20/h4-13,16-17H,14-15,18H2,1-3H3,(H,26,28). The second kappa shape index (κ2) is 10.9. The van der Waals surface area contributed by atoms with Crippen molar-refractivity contribution in [2.45, 2.75) is 13.0 Å². The third-order valence-electron chi connectivity index (χ3n) is 5.13. The molecule has 33 heavy (non-hydrogen) atoms. The smallest absolute Gasteiger partial charge is 0.253 e. The Bertz CT molecular complexity index is 1180. The number of hydrogen-bond donors (Lipinski definition) is 1. The van der Waals surface area contributed by atoms with Crippen LogP contribution in [0.2, 0.25) is 0 Å². The van der Waals surface area contributed by atoms with Gasteiger partial charge in [-0.2, -0.15) is 0 Å². The van der Waals surface area contributed by atoms with Crippen LogP contribution in [0.3, 0.4) is 0 Å². The minimum atomic E-state index is -3.72. The van der Waals surface area contributed by atoms with Gasteiger partial charge in [-0.3, -0.25) is 9.10 Å². The van der Waals surface area contributed by atoms with Gasteiger partial charge in [-0.05, 0) is 23.6 Å². The number of rotatable bonds is 10. The van der Waals surface area contributed by atoms with E-state index in [0.29, 0.717) is 24.5 Å². The molecule has 0 bridgehead atoms. The van der Waals surface area contributed by atoms with Gasteiger partial charge >= 0.3 is 0 Å². The second-order valence-corrected chi connectivity index (χ2v) is 9.38. The van der Waals surface area contributed by atoms with E-state index in [4.69, 9.17) is 9.47 Å². The zero-order chi connectivity index (χ0) is 23.8. The lowest BCUT2D eigenvalue weighted by Gasteiger charge is -2.26. The molecule has 3 aromatic carbocycles. The first kappa shape index (κ1) is 24.1. The molecule has 0 spiro atoms. The first-order chi connectivity index (χ1) is 15.8. The summed E-state index contributed by atoms with van der Waals surface area (Å²) in [5.74, 6) is 0.265. The van der Waals surface area contributed by atoms with Gasteiger partial charge in [0.25, 0.3) is 5.91 Å². The highest BCUT2D eigenvalue weighted by Gasteiger charge is 2.26. The average Bonchev–Trinajstić information content (AvgIpc) is 2.82. The van der Waals surface area contributed by atoms with Crippen molar-refractivity contribution in [3.05, 3.63) is 89.5 Å². The minimum Gasteiger partial charge on any atom is -0.493 e. The highest BCUT2D eigenvalue weighted by atomic mass is 32.2. The van der Waals surface area contributed by atoms with Gasteiger partial charge in [-0.15, -0.1) is 0 Å². The van der Waals surface area contributed by atoms with Crippen molar-refractivity contribution < 1.29 is 22.7 Å². The Labute approximate surface area is 195 Å². The number of hydrogen-bond acceptors (Lipinski definition) is 5. The van der Waals surface area contributed by atoms with Gasteiger partial charge in [0.1, 0.15) is 0 Å². The number of carbonyl (C=O) groups excluding carboxylic acids is 1. The molecule has 3 aromatic rings. The molecule has 7 nitrogen and oxygen atoms in total. The van der Waals surface area contributed by atoms with Gasteiger partial charge in [0, 0.05) is 12.6 Å². The summed E-state index contributed by atoms with van der Waals surface area (Å²) in [7, 11) is -0.797. The van der Waals surface area contributed by atoms with Crippen molar-refractivity contribution in [1.29, 1.82) is 0 Å². The molecule has 174 valence electrons. The van der Waals surface area contributed by atoms with Crippen LogP contribution in [0, 0.1) is 0 Å². The van der Waals surface area contributed by atoms with E-state index in [1.54, 1.807) is 0 Å². The molecular formula is C25H28N2O5S. The topological polar surface area (TPSA) is 84.9 Å². The van der Waals surface area contributed by atoms with Crippen LogP contribution in [-0.2, 0) is 23.0 Å². The molecule has 0 aliphatic heterocycles. The van der Waals surface area contributed by atoms with E-state index in [2.05, 4.69) is 5.32 Å². The lowest BCUT2D eigenvalue weighted by Crippen LogP contribution is -2.33. The summed E-state index contributed by atoms with van der Waals surface area (Å²) >= 11 is 0. The second-order valence-electron chi connectivity index (χ2n) is 7.47. The van der Waals surface area contributed by atoms with Crippen molar-refractivity contribution >= 4 is 21.6 Å². The predicted molar refractivity (Wildman–Crippen MR) is 129 cm³/mol. The molecule has 3 rings (SSSR count). The van der Waals surface area contributed by atoms with E-state index in [-0.39, 0.29) is 17.8 Å². The highest BCUT2D eigenvalue weighted by Crippen LogP contribution is 2.36. The third-order valence-corrected chi connectivity index (χ3v) is 6.25. The first-order valence-electron chi connectivity index (χ1n) is 10.4. The molecule has 0 saturated heterocycles. The Hall–Kier alpha value is -3.52. The normalized spacial score (nSPS) is 11.0. The Morgan fingerprint density at radius 2 is 1.42 bits per heavy atom. The molecule has 1 N–H and O–H groups in total. The summed E-state index contributed by atoms with van der Waals surface area (Å²) in [5.41, 5.74) is 2.28. The minimum absolute atomic E-state index is 0.0689. The third kappa shape index (κ3) is 6.26. The number of benzene rings is 3. The van der Waals surface area contributed by atoms with Crippen LogP contribution in [-0.4, -0.2) is 41.3 Å². The Morgan fingerprint density at radius 3 is 1.97 bits per heavy atom. The van der Waals surface area contributed by atoms with Gasteiger partial charge in [-0.25, -0.2) is 8.42 Å². The molecule has 8 heteroatoms. The number of amides is 1. The summed E-state index contributed by atoms with van der Waals surface area (Å²) < 4.78 is 37.5. The van der Waals surface area contributed by atoms with Crippen molar-refractivity contribution in [2.75, 3.05) is 31.3 Å². The first-order valence-corrected chi connectivity index (χ1v) is 12.3. The van der Waals surface area contributed by atoms with Gasteiger partial charge in [-0.1, -0.05) is 60.7 Å². The van der Waals surface area contributed by atoms with Gasteiger partial charge in [0.15, 0.2) is 11.5 Å². The molecule has 0 aromatic heterocycles. The summed E-state index contributed by atoms with van der Waals surface area (Å²) in [4.78, 5) is 13.2. The summed E-state index contributed by atoms with van der Waals surface area (Å²) in [6.07, 6.45) is 1.76. The number of nitrogens with zero attached hydrogens (tertiary/aromatic N) is 1. The van der Waals surface area contributed by atoms with Crippen LogP contribution in [0.15, 0.2) is 72.8 Å². The molecular weight excluding hydrogens is 440 g/mol. The van der Waals surface area contributed by atoms with E-state index in [1.807, 2.05) is 60.7 Å². The van der Waals surface area contributed by atoms with Gasteiger partial charge in [0.05, 0.1) is 38.3 Å². The van der Waals surface area contributed by atoms with Crippen LogP contribution in [0.4, 0.5) is 5.69 Å². The van der Waals surface area contributed by atoms with E-state index < -0.39 is 15.9 Å². The lowest BCUT2D eigenvalue weighted by molar-refractivity contribution is 0.0954. The Kier molecular flexibility index (Phi) is 7.95. The molecule has 0 aliphatic rings. The molecule has 0 saturated carbocycles. The number of sulfonamides is 1. The number of methoxy groups -OCH3 is 2. The molecule has 0 fully saturated rings. The molecule has 0 atom stereocenters. The highest BCUT2D eigenvalue weighted by molar-refractivity contribution is 7.92. The van der Waals surface area contributed by atoms with Crippen LogP contribution in [0.1, 0.15) is 21.5 Å². The number of nitrogens with one attached hydrogen (secondary N) is 1. The van der Waals surface area contributed by atoms with Crippen LogP contribution < -0.4 is 19.1 Å².